The highest BCUT2D eigenvalue weighted by atomic mass is 16.6. The molecule has 0 aliphatic rings. The monoisotopic (exact) mass is 220 g/mol. The normalized spacial score (nSPS) is 10.1. The SMILES string of the molecule is COc1ccc(-c2n[nH]c([N+](=O)[O-])n2)cc1. The van der Waals surface area contributed by atoms with E-state index in [0.29, 0.717) is 11.3 Å². The molecular formula is C9H8N4O3. The third-order valence-electron chi connectivity index (χ3n) is 1.99. The average Bonchev–Trinajstić information content (AvgIpc) is 2.78. The Hall–Kier alpha value is -2.44. The van der Waals surface area contributed by atoms with Gasteiger partial charge in [-0.15, -0.1) is 5.10 Å². The van der Waals surface area contributed by atoms with Crippen molar-refractivity contribution in [1.82, 2.24) is 15.2 Å². The van der Waals surface area contributed by atoms with Crippen LogP contribution in [0.15, 0.2) is 24.3 Å². The second kappa shape index (κ2) is 3.97. The first-order valence-corrected chi connectivity index (χ1v) is 4.42. The topological polar surface area (TPSA) is 93.9 Å². The molecule has 0 fully saturated rings. The molecule has 0 amide bonds. The summed E-state index contributed by atoms with van der Waals surface area (Å²) < 4.78 is 4.99. The molecule has 7 heteroatoms. The highest BCUT2D eigenvalue weighted by Crippen LogP contribution is 2.19. The van der Waals surface area contributed by atoms with Crippen LogP contribution in [0.1, 0.15) is 0 Å². The zero-order valence-corrected chi connectivity index (χ0v) is 8.38. The van der Waals surface area contributed by atoms with Gasteiger partial charge in [0, 0.05) is 5.56 Å². The maximum Gasteiger partial charge on any atom is 0.453 e. The minimum absolute atomic E-state index is 0.286. The molecule has 2 aromatic rings. The van der Waals surface area contributed by atoms with Gasteiger partial charge in [-0.2, -0.15) is 0 Å². The number of nitrogens with one attached hydrogen (secondary N) is 1. The molecule has 0 unspecified atom stereocenters. The van der Waals surface area contributed by atoms with Crippen molar-refractivity contribution in [3.05, 3.63) is 34.4 Å². The average molecular weight is 220 g/mol. The molecule has 1 aromatic heterocycles. The smallest absolute Gasteiger partial charge is 0.453 e. The number of benzene rings is 1. The minimum Gasteiger partial charge on any atom is -0.497 e. The summed E-state index contributed by atoms with van der Waals surface area (Å²) in [6.07, 6.45) is 0. The zero-order valence-electron chi connectivity index (χ0n) is 8.38. The van der Waals surface area contributed by atoms with E-state index in [1.165, 1.54) is 0 Å². The van der Waals surface area contributed by atoms with E-state index < -0.39 is 4.92 Å². The van der Waals surface area contributed by atoms with Crippen molar-refractivity contribution in [3.63, 3.8) is 0 Å². The lowest BCUT2D eigenvalue weighted by Crippen LogP contribution is -1.89. The highest BCUT2D eigenvalue weighted by Gasteiger charge is 2.15. The van der Waals surface area contributed by atoms with E-state index in [4.69, 9.17) is 4.74 Å². The van der Waals surface area contributed by atoms with Crippen LogP contribution in [-0.4, -0.2) is 27.2 Å². The molecule has 1 N–H and O–H groups in total. The summed E-state index contributed by atoms with van der Waals surface area (Å²) in [6, 6.07) is 6.92. The molecule has 0 aliphatic heterocycles. The van der Waals surface area contributed by atoms with Crippen molar-refractivity contribution in [2.45, 2.75) is 0 Å². The number of nitrogens with zero attached hydrogens (tertiary/aromatic N) is 3. The molecule has 0 saturated carbocycles. The third-order valence-corrected chi connectivity index (χ3v) is 1.99. The molecule has 7 nitrogen and oxygen atoms in total. The largest absolute Gasteiger partial charge is 0.497 e. The Morgan fingerprint density at radius 3 is 2.56 bits per heavy atom. The van der Waals surface area contributed by atoms with Gasteiger partial charge in [0.15, 0.2) is 0 Å². The number of aromatic amines is 1. The van der Waals surface area contributed by atoms with Gasteiger partial charge in [-0.3, -0.25) is 0 Å². The highest BCUT2D eigenvalue weighted by molar-refractivity contribution is 5.56. The molecule has 0 saturated heterocycles. The third kappa shape index (κ3) is 1.83. The second-order valence-corrected chi connectivity index (χ2v) is 2.97. The van der Waals surface area contributed by atoms with Crippen molar-refractivity contribution in [3.8, 4) is 17.1 Å². The van der Waals surface area contributed by atoms with Crippen molar-refractivity contribution in [1.29, 1.82) is 0 Å². The van der Waals surface area contributed by atoms with Gasteiger partial charge < -0.3 is 14.9 Å². The molecule has 0 aliphatic carbocycles. The second-order valence-electron chi connectivity index (χ2n) is 2.97. The minimum atomic E-state index is -0.625. The van der Waals surface area contributed by atoms with E-state index >= 15 is 0 Å². The van der Waals surface area contributed by atoms with Crippen LogP contribution < -0.4 is 4.74 Å². The molecule has 0 bridgehead atoms. The fourth-order valence-corrected chi connectivity index (χ4v) is 1.20. The molecule has 16 heavy (non-hydrogen) atoms. The van der Waals surface area contributed by atoms with Gasteiger partial charge in [0.25, 0.3) is 5.82 Å². The predicted molar refractivity (Wildman–Crippen MR) is 55.0 cm³/mol. The quantitative estimate of drug-likeness (QED) is 0.623. The Kier molecular flexibility index (Phi) is 2.50. The predicted octanol–water partition coefficient (Wildman–Crippen LogP) is 1.39. The maximum absolute atomic E-state index is 10.4. The first kappa shape index (κ1) is 10.1. The van der Waals surface area contributed by atoms with Gasteiger partial charge in [-0.1, -0.05) is 5.10 Å². The summed E-state index contributed by atoms with van der Waals surface area (Å²) in [5.74, 6) is 0.619. The Morgan fingerprint density at radius 2 is 2.06 bits per heavy atom. The molecular weight excluding hydrogens is 212 g/mol. The van der Waals surface area contributed by atoms with E-state index in [1.54, 1.807) is 31.4 Å². The Morgan fingerprint density at radius 1 is 1.38 bits per heavy atom. The van der Waals surface area contributed by atoms with Crippen LogP contribution in [0.3, 0.4) is 0 Å². The van der Waals surface area contributed by atoms with Crippen LogP contribution in [0.25, 0.3) is 11.4 Å². The van der Waals surface area contributed by atoms with Gasteiger partial charge in [-0.05, 0) is 34.2 Å². The Balaban J connectivity index is 2.31. The van der Waals surface area contributed by atoms with Gasteiger partial charge in [0.05, 0.1) is 7.11 Å². The van der Waals surface area contributed by atoms with E-state index in [0.717, 1.165) is 0 Å². The van der Waals surface area contributed by atoms with Crippen LogP contribution >= 0.6 is 0 Å². The first-order chi connectivity index (χ1) is 7.70. The summed E-state index contributed by atoms with van der Waals surface area (Å²) in [6.45, 7) is 0. The molecule has 0 atom stereocenters. The van der Waals surface area contributed by atoms with Crippen LogP contribution in [0.5, 0.6) is 5.75 Å². The zero-order chi connectivity index (χ0) is 11.5. The van der Waals surface area contributed by atoms with E-state index in [1.807, 2.05) is 0 Å². The number of hydrogen-bond acceptors (Lipinski definition) is 5. The van der Waals surface area contributed by atoms with Crippen LogP contribution in [0, 0.1) is 10.1 Å². The van der Waals surface area contributed by atoms with Gasteiger partial charge in [0.2, 0.25) is 0 Å². The summed E-state index contributed by atoms with van der Waals surface area (Å²) in [5.41, 5.74) is 0.685. The van der Waals surface area contributed by atoms with Crippen molar-refractivity contribution >= 4 is 5.95 Å². The molecule has 1 aromatic carbocycles. The standard InChI is InChI=1S/C9H8N4O3/c1-16-7-4-2-6(3-5-7)8-10-9(12-11-8)13(14)15/h2-5H,1H3,(H,10,11,12). The van der Waals surface area contributed by atoms with Crippen LogP contribution in [0.2, 0.25) is 0 Å². The van der Waals surface area contributed by atoms with E-state index in [2.05, 4.69) is 15.2 Å². The fourth-order valence-electron chi connectivity index (χ4n) is 1.20. The molecule has 82 valence electrons. The summed E-state index contributed by atoms with van der Waals surface area (Å²) in [5, 5.41) is 16.4. The van der Waals surface area contributed by atoms with Crippen LogP contribution in [0.4, 0.5) is 5.95 Å². The van der Waals surface area contributed by atoms with E-state index in [9.17, 15) is 10.1 Å². The number of aromatic nitrogens is 3. The van der Waals surface area contributed by atoms with Crippen molar-refractivity contribution in [2.24, 2.45) is 0 Å². The number of hydrogen-bond donors (Lipinski definition) is 1. The fraction of sp³-hybridized carbons (Fsp3) is 0.111. The summed E-state index contributed by atoms with van der Waals surface area (Å²) in [7, 11) is 1.56. The number of methoxy groups -OCH3 is 1. The molecule has 1 heterocycles. The molecule has 0 radical (unpaired) electrons. The summed E-state index contributed by atoms with van der Waals surface area (Å²) in [4.78, 5) is 13.5. The van der Waals surface area contributed by atoms with Gasteiger partial charge in [0.1, 0.15) is 5.75 Å². The number of rotatable bonds is 3. The lowest BCUT2D eigenvalue weighted by molar-refractivity contribution is -0.394. The number of H-pyrrole nitrogens is 1. The van der Waals surface area contributed by atoms with Gasteiger partial charge >= 0.3 is 5.95 Å². The summed E-state index contributed by atoms with van der Waals surface area (Å²) >= 11 is 0. The number of nitro groups is 1. The molecule has 0 spiro atoms. The van der Waals surface area contributed by atoms with Crippen molar-refractivity contribution in [2.75, 3.05) is 7.11 Å². The molecule has 2 rings (SSSR count). The van der Waals surface area contributed by atoms with E-state index in [-0.39, 0.29) is 11.8 Å². The van der Waals surface area contributed by atoms with Crippen molar-refractivity contribution < 1.29 is 9.66 Å². The Bertz CT molecular complexity index is 506. The first-order valence-electron chi connectivity index (χ1n) is 4.42. The Labute approximate surface area is 90.2 Å². The van der Waals surface area contributed by atoms with Gasteiger partial charge in [-0.25, -0.2) is 0 Å². The lowest BCUT2D eigenvalue weighted by Gasteiger charge is -1.97. The van der Waals surface area contributed by atoms with Crippen LogP contribution in [-0.2, 0) is 0 Å². The maximum atomic E-state index is 10.4. The number of ether oxygens (including phenoxy) is 1. The lowest BCUT2D eigenvalue weighted by atomic mass is 10.2.